The summed E-state index contributed by atoms with van der Waals surface area (Å²) in [7, 11) is 0. The van der Waals surface area contributed by atoms with Crippen LogP contribution in [-0.4, -0.2) is 44.8 Å². The molecule has 1 aromatic heterocycles. The Bertz CT molecular complexity index is 810. The van der Waals surface area contributed by atoms with Crippen molar-refractivity contribution in [1.29, 1.82) is 0 Å². The molecule has 0 aliphatic carbocycles. The topological polar surface area (TPSA) is 75.4 Å². The second kappa shape index (κ2) is 6.81. The van der Waals surface area contributed by atoms with Gasteiger partial charge >= 0.3 is 12.1 Å². The van der Waals surface area contributed by atoms with Gasteiger partial charge in [0.05, 0.1) is 23.4 Å². The molecule has 138 valence electrons. The minimum atomic E-state index is -4.77. The van der Waals surface area contributed by atoms with Crippen LogP contribution in [0.5, 0.6) is 0 Å². The second-order valence-electron chi connectivity index (χ2n) is 6.06. The molecule has 2 aromatic rings. The molecule has 26 heavy (non-hydrogen) atoms. The molecule has 1 N–H and O–H groups in total. The number of carboxylic acid groups (broad SMARTS) is 1. The van der Waals surface area contributed by atoms with Crippen LogP contribution in [0.4, 0.5) is 13.2 Å². The van der Waals surface area contributed by atoms with E-state index in [4.69, 9.17) is 5.11 Å². The van der Waals surface area contributed by atoms with Crippen LogP contribution >= 0.6 is 0 Å². The predicted octanol–water partition coefficient (Wildman–Crippen LogP) is 2.83. The first kappa shape index (κ1) is 18.0. The third-order valence-electron chi connectivity index (χ3n) is 4.40. The molecule has 0 radical (unpaired) electrons. The van der Waals surface area contributed by atoms with Gasteiger partial charge in [-0.1, -0.05) is 18.2 Å². The molecule has 1 fully saturated rings. The molecule has 0 bridgehead atoms. The Morgan fingerprint density at radius 2 is 1.73 bits per heavy atom. The van der Waals surface area contributed by atoms with Gasteiger partial charge in [-0.2, -0.15) is 18.3 Å². The highest BCUT2D eigenvalue weighted by Gasteiger charge is 2.42. The smallest absolute Gasteiger partial charge is 0.434 e. The van der Waals surface area contributed by atoms with E-state index >= 15 is 0 Å². The Hall–Kier alpha value is -2.84. The fourth-order valence-corrected chi connectivity index (χ4v) is 3.04. The van der Waals surface area contributed by atoms with Gasteiger partial charge in [0.2, 0.25) is 0 Å². The number of para-hydroxylation sites is 1. The zero-order valence-corrected chi connectivity index (χ0v) is 13.6. The third kappa shape index (κ3) is 3.42. The van der Waals surface area contributed by atoms with Crippen molar-refractivity contribution in [3.63, 3.8) is 0 Å². The molecule has 1 aliphatic rings. The molecule has 3 rings (SSSR count). The number of aliphatic carboxylic acids is 1. The maximum absolute atomic E-state index is 13.6. The summed E-state index contributed by atoms with van der Waals surface area (Å²) in [6.45, 7) is 0.202. The molecule has 2 heterocycles. The number of carboxylic acids is 1. The van der Waals surface area contributed by atoms with Crippen LogP contribution in [0.3, 0.4) is 0 Å². The molecule has 9 heteroatoms. The summed E-state index contributed by atoms with van der Waals surface area (Å²) >= 11 is 0. The van der Waals surface area contributed by atoms with Crippen LogP contribution in [0.15, 0.2) is 36.5 Å². The Balaban J connectivity index is 1.92. The maximum Gasteiger partial charge on any atom is 0.434 e. The van der Waals surface area contributed by atoms with E-state index in [2.05, 4.69) is 5.10 Å². The Kier molecular flexibility index (Phi) is 4.71. The van der Waals surface area contributed by atoms with Crippen molar-refractivity contribution >= 4 is 11.9 Å². The van der Waals surface area contributed by atoms with Crippen molar-refractivity contribution in [3.05, 3.63) is 47.8 Å². The highest BCUT2D eigenvalue weighted by Crippen LogP contribution is 2.34. The van der Waals surface area contributed by atoms with Gasteiger partial charge in [-0.05, 0) is 25.0 Å². The monoisotopic (exact) mass is 367 g/mol. The van der Waals surface area contributed by atoms with Crippen molar-refractivity contribution in [2.75, 3.05) is 13.1 Å². The lowest BCUT2D eigenvalue weighted by molar-refractivity contribution is -0.143. The largest absolute Gasteiger partial charge is 0.481 e. The van der Waals surface area contributed by atoms with Crippen molar-refractivity contribution in [3.8, 4) is 5.69 Å². The van der Waals surface area contributed by atoms with E-state index in [-0.39, 0.29) is 31.6 Å². The van der Waals surface area contributed by atoms with E-state index in [1.54, 1.807) is 18.2 Å². The lowest BCUT2D eigenvalue weighted by Gasteiger charge is -2.30. The first-order chi connectivity index (χ1) is 12.3. The lowest BCUT2D eigenvalue weighted by Crippen LogP contribution is -2.40. The number of piperidine rings is 1. The molecular weight excluding hydrogens is 351 g/mol. The van der Waals surface area contributed by atoms with Crippen molar-refractivity contribution < 1.29 is 27.9 Å². The summed E-state index contributed by atoms with van der Waals surface area (Å²) in [6, 6.07) is 7.76. The summed E-state index contributed by atoms with van der Waals surface area (Å²) in [5, 5.41) is 12.8. The number of benzene rings is 1. The van der Waals surface area contributed by atoms with E-state index in [0.29, 0.717) is 4.68 Å². The number of carbonyl (C=O) groups excluding carboxylic acids is 1. The highest BCUT2D eigenvalue weighted by molar-refractivity contribution is 5.95. The lowest BCUT2D eigenvalue weighted by atomic mass is 9.96. The first-order valence-corrected chi connectivity index (χ1v) is 8.01. The van der Waals surface area contributed by atoms with E-state index < -0.39 is 35.2 Å². The zero-order valence-electron chi connectivity index (χ0n) is 13.6. The minimum absolute atomic E-state index is 0.101. The molecule has 0 saturated carbocycles. The van der Waals surface area contributed by atoms with Crippen LogP contribution < -0.4 is 0 Å². The molecule has 0 unspecified atom stereocenters. The average molecular weight is 367 g/mol. The van der Waals surface area contributed by atoms with Gasteiger partial charge in [0.25, 0.3) is 5.91 Å². The Morgan fingerprint density at radius 1 is 1.12 bits per heavy atom. The molecule has 0 spiro atoms. The summed E-state index contributed by atoms with van der Waals surface area (Å²) < 4.78 is 41.5. The molecule has 1 aromatic carbocycles. The van der Waals surface area contributed by atoms with Crippen LogP contribution in [0.1, 0.15) is 28.9 Å². The number of halogens is 3. The van der Waals surface area contributed by atoms with E-state index in [1.165, 1.54) is 17.0 Å². The SMILES string of the molecule is O=C(O)C1CCN(C(=O)c2cnn(-c3ccccc3)c2C(F)(F)F)CC1. The van der Waals surface area contributed by atoms with Crippen LogP contribution in [-0.2, 0) is 11.0 Å². The number of carbonyl (C=O) groups is 2. The predicted molar refractivity (Wildman–Crippen MR) is 84.8 cm³/mol. The van der Waals surface area contributed by atoms with E-state index in [1.807, 2.05) is 0 Å². The number of rotatable bonds is 3. The maximum atomic E-state index is 13.6. The molecule has 1 amide bonds. The number of likely N-dealkylation sites (tertiary alicyclic amines) is 1. The Labute approximate surface area is 146 Å². The van der Waals surface area contributed by atoms with Gasteiger partial charge in [0.1, 0.15) is 0 Å². The zero-order chi connectivity index (χ0) is 18.9. The number of hydrogen-bond acceptors (Lipinski definition) is 3. The first-order valence-electron chi connectivity index (χ1n) is 8.01. The quantitative estimate of drug-likeness (QED) is 0.905. The summed E-state index contributed by atoms with van der Waals surface area (Å²) in [4.78, 5) is 24.8. The minimum Gasteiger partial charge on any atom is -0.481 e. The highest BCUT2D eigenvalue weighted by atomic mass is 19.4. The van der Waals surface area contributed by atoms with Gasteiger partial charge in [-0.15, -0.1) is 0 Å². The van der Waals surface area contributed by atoms with Crippen LogP contribution in [0.2, 0.25) is 0 Å². The van der Waals surface area contributed by atoms with Crippen LogP contribution in [0, 0.1) is 5.92 Å². The molecule has 0 atom stereocenters. The summed E-state index contributed by atoms with van der Waals surface area (Å²) in [6.07, 6.45) is -3.41. The van der Waals surface area contributed by atoms with Gasteiger partial charge in [0, 0.05) is 13.1 Å². The van der Waals surface area contributed by atoms with Gasteiger partial charge in [-0.25, -0.2) is 4.68 Å². The number of aromatic nitrogens is 2. The van der Waals surface area contributed by atoms with Gasteiger partial charge < -0.3 is 10.0 Å². The van der Waals surface area contributed by atoms with E-state index in [0.717, 1.165) is 6.20 Å². The molecule has 1 saturated heterocycles. The third-order valence-corrected chi connectivity index (χ3v) is 4.40. The van der Waals surface area contributed by atoms with Crippen molar-refractivity contribution in [2.45, 2.75) is 19.0 Å². The fraction of sp³-hybridized carbons (Fsp3) is 0.353. The van der Waals surface area contributed by atoms with Crippen molar-refractivity contribution in [2.24, 2.45) is 5.92 Å². The van der Waals surface area contributed by atoms with E-state index in [9.17, 15) is 22.8 Å². The molecular formula is C17H16F3N3O3. The average Bonchev–Trinajstić information content (AvgIpc) is 3.07. The number of alkyl halides is 3. The van der Waals surface area contributed by atoms with Crippen molar-refractivity contribution in [1.82, 2.24) is 14.7 Å². The molecule has 6 nitrogen and oxygen atoms in total. The normalized spacial score (nSPS) is 15.9. The van der Waals surface area contributed by atoms with Crippen LogP contribution in [0.25, 0.3) is 5.69 Å². The Morgan fingerprint density at radius 3 is 2.27 bits per heavy atom. The molecule has 1 aliphatic heterocycles. The van der Waals surface area contributed by atoms with Gasteiger partial charge in [-0.3, -0.25) is 9.59 Å². The number of amides is 1. The van der Waals surface area contributed by atoms with Gasteiger partial charge in [0.15, 0.2) is 5.69 Å². The summed E-state index contributed by atoms with van der Waals surface area (Å²) in [5.41, 5.74) is -1.47. The number of nitrogens with zero attached hydrogens (tertiary/aromatic N) is 3. The summed E-state index contributed by atoms with van der Waals surface area (Å²) in [5.74, 6) is -2.32. The fourth-order valence-electron chi connectivity index (χ4n) is 3.04. The second-order valence-corrected chi connectivity index (χ2v) is 6.06. The standard InChI is InChI=1S/C17H16F3N3O3/c18-17(19,20)14-13(10-21-23(14)12-4-2-1-3-5-12)15(24)22-8-6-11(7-9-22)16(25)26/h1-5,10-11H,6-9H2,(H,25,26). The number of hydrogen-bond donors (Lipinski definition) is 1.